The Kier molecular flexibility index (Phi) is 4.39. The lowest BCUT2D eigenvalue weighted by Crippen LogP contribution is -2.37. The molecule has 1 aromatic carbocycles. The van der Waals surface area contributed by atoms with Gasteiger partial charge in [0.2, 0.25) is 0 Å². The van der Waals surface area contributed by atoms with E-state index in [2.05, 4.69) is 24.3 Å². The van der Waals surface area contributed by atoms with Gasteiger partial charge in [-0.05, 0) is 12.0 Å². The van der Waals surface area contributed by atoms with Crippen molar-refractivity contribution < 1.29 is 4.74 Å². The third-order valence-electron chi connectivity index (χ3n) is 2.63. The average molecular weight is 214 g/mol. The standard InChI is InChI=1S/C11H15NO.ClH/c12-11-8-13-7-6-10(11)9-4-2-1-3-5-9;/h1-5,10-11H,6-8,12H2;1H/t10-,11-;/m1./s1. The number of nitrogens with two attached hydrogens (primary N) is 1. The second-order valence-electron chi connectivity index (χ2n) is 3.54. The molecule has 1 aromatic rings. The highest BCUT2D eigenvalue weighted by molar-refractivity contribution is 5.85. The molecule has 78 valence electrons. The topological polar surface area (TPSA) is 35.2 Å². The summed E-state index contributed by atoms with van der Waals surface area (Å²) in [5.74, 6) is 0.481. The number of halogens is 1. The molecule has 1 fully saturated rings. The zero-order valence-corrected chi connectivity index (χ0v) is 8.87. The quantitative estimate of drug-likeness (QED) is 0.774. The van der Waals surface area contributed by atoms with E-state index in [9.17, 15) is 0 Å². The molecule has 0 radical (unpaired) electrons. The van der Waals surface area contributed by atoms with Crippen molar-refractivity contribution in [1.82, 2.24) is 0 Å². The Bertz CT molecular complexity index is 265. The SMILES string of the molecule is Cl.N[C@@H]1COCC[C@@H]1c1ccccc1. The van der Waals surface area contributed by atoms with E-state index in [-0.39, 0.29) is 18.4 Å². The number of hydrogen-bond acceptors (Lipinski definition) is 2. The molecular weight excluding hydrogens is 198 g/mol. The van der Waals surface area contributed by atoms with E-state index in [1.54, 1.807) is 0 Å². The summed E-state index contributed by atoms with van der Waals surface area (Å²) in [5.41, 5.74) is 7.33. The summed E-state index contributed by atoms with van der Waals surface area (Å²) in [5, 5.41) is 0. The highest BCUT2D eigenvalue weighted by atomic mass is 35.5. The minimum absolute atomic E-state index is 0. The van der Waals surface area contributed by atoms with Gasteiger partial charge in [0.05, 0.1) is 6.61 Å². The van der Waals surface area contributed by atoms with Crippen LogP contribution in [0.2, 0.25) is 0 Å². The smallest absolute Gasteiger partial charge is 0.0623 e. The predicted molar refractivity (Wildman–Crippen MR) is 59.8 cm³/mol. The van der Waals surface area contributed by atoms with Crippen LogP contribution in [0.15, 0.2) is 30.3 Å². The lowest BCUT2D eigenvalue weighted by atomic mass is 9.88. The van der Waals surface area contributed by atoms with Gasteiger partial charge >= 0.3 is 0 Å². The van der Waals surface area contributed by atoms with Crippen molar-refractivity contribution >= 4 is 12.4 Å². The van der Waals surface area contributed by atoms with E-state index >= 15 is 0 Å². The van der Waals surface area contributed by atoms with Gasteiger partial charge in [-0.2, -0.15) is 0 Å². The molecular formula is C11H16ClNO. The Labute approximate surface area is 90.9 Å². The number of benzene rings is 1. The van der Waals surface area contributed by atoms with Gasteiger partial charge in [0.1, 0.15) is 0 Å². The summed E-state index contributed by atoms with van der Waals surface area (Å²) in [4.78, 5) is 0. The minimum atomic E-state index is 0. The van der Waals surface area contributed by atoms with E-state index in [0.29, 0.717) is 12.5 Å². The maximum atomic E-state index is 5.99. The molecule has 2 nitrogen and oxygen atoms in total. The molecule has 2 atom stereocenters. The summed E-state index contributed by atoms with van der Waals surface area (Å²) in [6.45, 7) is 1.53. The third kappa shape index (κ3) is 2.47. The fraction of sp³-hybridized carbons (Fsp3) is 0.455. The zero-order chi connectivity index (χ0) is 9.10. The van der Waals surface area contributed by atoms with E-state index < -0.39 is 0 Å². The van der Waals surface area contributed by atoms with Crippen LogP contribution in [0.25, 0.3) is 0 Å². The van der Waals surface area contributed by atoms with Gasteiger partial charge in [-0.1, -0.05) is 30.3 Å². The molecule has 0 bridgehead atoms. The third-order valence-corrected chi connectivity index (χ3v) is 2.63. The first-order chi connectivity index (χ1) is 6.38. The van der Waals surface area contributed by atoms with Crippen LogP contribution in [-0.4, -0.2) is 19.3 Å². The van der Waals surface area contributed by atoms with Crippen molar-refractivity contribution in [2.75, 3.05) is 13.2 Å². The summed E-state index contributed by atoms with van der Waals surface area (Å²) in [7, 11) is 0. The van der Waals surface area contributed by atoms with Crippen molar-refractivity contribution in [2.45, 2.75) is 18.4 Å². The Morgan fingerprint density at radius 1 is 1.21 bits per heavy atom. The first-order valence-corrected chi connectivity index (χ1v) is 4.76. The van der Waals surface area contributed by atoms with Gasteiger partial charge < -0.3 is 10.5 Å². The normalized spacial score (nSPS) is 26.6. The van der Waals surface area contributed by atoms with E-state index in [1.165, 1.54) is 5.56 Å². The molecule has 0 aromatic heterocycles. The second kappa shape index (κ2) is 5.35. The van der Waals surface area contributed by atoms with Crippen LogP contribution in [0.1, 0.15) is 17.9 Å². The molecule has 1 aliphatic heterocycles. The highest BCUT2D eigenvalue weighted by Gasteiger charge is 2.23. The van der Waals surface area contributed by atoms with Crippen LogP contribution in [0, 0.1) is 0 Å². The second-order valence-corrected chi connectivity index (χ2v) is 3.54. The summed E-state index contributed by atoms with van der Waals surface area (Å²) in [6.07, 6.45) is 1.05. The molecule has 14 heavy (non-hydrogen) atoms. The predicted octanol–water partition coefficient (Wildman–Crippen LogP) is 1.94. The summed E-state index contributed by atoms with van der Waals surface area (Å²) in [6, 6.07) is 10.6. The molecule has 0 amide bonds. The number of ether oxygens (including phenoxy) is 1. The van der Waals surface area contributed by atoms with E-state index in [0.717, 1.165) is 13.0 Å². The van der Waals surface area contributed by atoms with Crippen molar-refractivity contribution in [1.29, 1.82) is 0 Å². The molecule has 2 rings (SSSR count). The highest BCUT2D eigenvalue weighted by Crippen LogP contribution is 2.25. The van der Waals surface area contributed by atoms with Crippen LogP contribution >= 0.6 is 12.4 Å². The Hall–Kier alpha value is -0.570. The fourth-order valence-electron chi connectivity index (χ4n) is 1.87. The minimum Gasteiger partial charge on any atom is -0.380 e. The molecule has 0 saturated carbocycles. The zero-order valence-electron chi connectivity index (χ0n) is 8.06. The maximum absolute atomic E-state index is 5.99. The largest absolute Gasteiger partial charge is 0.380 e. The van der Waals surface area contributed by atoms with Gasteiger partial charge in [-0.15, -0.1) is 12.4 Å². The van der Waals surface area contributed by atoms with Crippen molar-refractivity contribution in [3.05, 3.63) is 35.9 Å². The molecule has 0 unspecified atom stereocenters. The van der Waals surface area contributed by atoms with Crippen LogP contribution in [-0.2, 0) is 4.74 Å². The van der Waals surface area contributed by atoms with Gasteiger partial charge in [0, 0.05) is 18.6 Å². The lowest BCUT2D eigenvalue weighted by Gasteiger charge is -2.28. The Balaban J connectivity index is 0.000000980. The van der Waals surface area contributed by atoms with Crippen LogP contribution in [0.4, 0.5) is 0 Å². The van der Waals surface area contributed by atoms with Crippen LogP contribution in [0.5, 0.6) is 0 Å². The van der Waals surface area contributed by atoms with E-state index in [1.807, 2.05) is 6.07 Å². The molecule has 0 aliphatic carbocycles. The average Bonchev–Trinajstić information content (AvgIpc) is 2.20. The summed E-state index contributed by atoms with van der Waals surface area (Å²) < 4.78 is 5.31. The van der Waals surface area contributed by atoms with Crippen molar-refractivity contribution in [2.24, 2.45) is 5.73 Å². The van der Waals surface area contributed by atoms with Crippen molar-refractivity contribution in [3.8, 4) is 0 Å². The van der Waals surface area contributed by atoms with Gasteiger partial charge in [-0.3, -0.25) is 0 Å². The van der Waals surface area contributed by atoms with Crippen LogP contribution in [0.3, 0.4) is 0 Å². The van der Waals surface area contributed by atoms with Gasteiger partial charge in [-0.25, -0.2) is 0 Å². The summed E-state index contributed by atoms with van der Waals surface area (Å²) >= 11 is 0. The molecule has 3 heteroatoms. The molecule has 2 N–H and O–H groups in total. The van der Waals surface area contributed by atoms with Crippen molar-refractivity contribution in [3.63, 3.8) is 0 Å². The Morgan fingerprint density at radius 3 is 2.57 bits per heavy atom. The number of hydrogen-bond donors (Lipinski definition) is 1. The van der Waals surface area contributed by atoms with E-state index in [4.69, 9.17) is 10.5 Å². The molecule has 1 saturated heterocycles. The fourth-order valence-corrected chi connectivity index (χ4v) is 1.87. The van der Waals surface area contributed by atoms with Gasteiger partial charge in [0.25, 0.3) is 0 Å². The molecule has 1 aliphatic rings. The lowest BCUT2D eigenvalue weighted by molar-refractivity contribution is 0.0696. The maximum Gasteiger partial charge on any atom is 0.0623 e. The first kappa shape index (κ1) is 11.5. The Morgan fingerprint density at radius 2 is 1.93 bits per heavy atom. The molecule has 1 heterocycles. The first-order valence-electron chi connectivity index (χ1n) is 4.76. The number of rotatable bonds is 1. The monoisotopic (exact) mass is 213 g/mol. The van der Waals surface area contributed by atoms with Gasteiger partial charge in [0.15, 0.2) is 0 Å². The molecule has 0 spiro atoms. The van der Waals surface area contributed by atoms with Crippen LogP contribution < -0.4 is 5.73 Å².